The van der Waals surface area contributed by atoms with Crippen LogP contribution in [-0.4, -0.2) is 25.6 Å². The molecule has 1 aromatic carbocycles. The minimum absolute atomic E-state index is 0.0846. The second kappa shape index (κ2) is 6.66. The summed E-state index contributed by atoms with van der Waals surface area (Å²) in [6.07, 6.45) is 3.20. The number of aliphatic hydroxyl groups is 1. The maximum Gasteiger partial charge on any atom is 0.240 e. The molecule has 0 spiro atoms. The van der Waals surface area contributed by atoms with Gasteiger partial charge >= 0.3 is 0 Å². The lowest BCUT2D eigenvalue weighted by molar-refractivity contribution is 0.273. The summed E-state index contributed by atoms with van der Waals surface area (Å²) in [5.41, 5.74) is 1.23. The Bertz CT molecular complexity index is 702. The van der Waals surface area contributed by atoms with E-state index >= 15 is 0 Å². The maximum absolute atomic E-state index is 12.2. The van der Waals surface area contributed by atoms with Crippen molar-refractivity contribution in [1.29, 1.82) is 0 Å². The molecule has 0 radical (unpaired) electrons. The van der Waals surface area contributed by atoms with E-state index in [1.807, 2.05) is 0 Å². The predicted octanol–water partition coefficient (Wildman–Crippen LogP) is 1.06. The summed E-state index contributed by atoms with van der Waals surface area (Å²) in [6.45, 7) is -0.123. The average molecular weight is 308 g/mol. The van der Waals surface area contributed by atoms with Crippen LogP contribution in [0.25, 0.3) is 0 Å². The summed E-state index contributed by atoms with van der Waals surface area (Å²) in [5.74, 6) is 0.450. The Balaban J connectivity index is 2.19. The summed E-state index contributed by atoms with van der Waals surface area (Å²) >= 11 is 0. The lowest BCUT2D eigenvalue weighted by Gasteiger charge is -2.10. The van der Waals surface area contributed by atoms with Gasteiger partial charge in [-0.2, -0.15) is 0 Å². The van der Waals surface area contributed by atoms with Crippen LogP contribution in [0.15, 0.2) is 47.6 Å². The molecular formula is C14H16N2O4S. The molecule has 0 atom stereocenters. The molecule has 2 rings (SSSR count). The largest absolute Gasteiger partial charge is 0.496 e. The number of rotatable bonds is 6. The van der Waals surface area contributed by atoms with E-state index in [0.717, 1.165) is 5.56 Å². The highest BCUT2D eigenvalue weighted by Crippen LogP contribution is 2.22. The number of aromatic nitrogens is 1. The number of nitrogens with zero attached hydrogens (tertiary/aromatic N) is 1. The number of aliphatic hydroxyl groups excluding tert-OH is 1. The molecular weight excluding hydrogens is 292 g/mol. The van der Waals surface area contributed by atoms with Crippen LogP contribution in [0.4, 0.5) is 0 Å². The molecule has 7 heteroatoms. The third kappa shape index (κ3) is 3.78. The highest BCUT2D eigenvalue weighted by Gasteiger charge is 2.16. The highest BCUT2D eigenvalue weighted by atomic mass is 32.2. The van der Waals surface area contributed by atoms with Gasteiger partial charge in [0.1, 0.15) is 5.75 Å². The molecule has 112 valence electrons. The molecule has 1 aromatic heterocycles. The molecule has 0 aliphatic carbocycles. The zero-order chi connectivity index (χ0) is 15.3. The Morgan fingerprint density at radius 2 is 1.95 bits per heavy atom. The van der Waals surface area contributed by atoms with Crippen molar-refractivity contribution in [3.05, 3.63) is 53.9 Å². The normalized spacial score (nSPS) is 11.3. The van der Waals surface area contributed by atoms with Crippen LogP contribution in [0, 0.1) is 0 Å². The van der Waals surface area contributed by atoms with E-state index < -0.39 is 10.0 Å². The summed E-state index contributed by atoms with van der Waals surface area (Å²) < 4.78 is 32.0. The van der Waals surface area contributed by atoms with Gasteiger partial charge in [-0.05, 0) is 35.9 Å². The van der Waals surface area contributed by atoms with Crippen LogP contribution in [-0.2, 0) is 23.2 Å². The monoisotopic (exact) mass is 308 g/mol. The van der Waals surface area contributed by atoms with E-state index in [0.29, 0.717) is 11.3 Å². The molecule has 0 aliphatic heterocycles. The smallest absolute Gasteiger partial charge is 0.240 e. The molecule has 0 unspecified atom stereocenters. The lowest BCUT2D eigenvalue weighted by Crippen LogP contribution is -2.23. The van der Waals surface area contributed by atoms with Crippen LogP contribution in [0.5, 0.6) is 5.75 Å². The molecule has 6 nitrogen and oxygen atoms in total. The zero-order valence-corrected chi connectivity index (χ0v) is 12.3. The Morgan fingerprint density at radius 3 is 2.57 bits per heavy atom. The highest BCUT2D eigenvalue weighted by molar-refractivity contribution is 7.89. The third-order valence-corrected chi connectivity index (χ3v) is 4.35. The first kappa shape index (κ1) is 15.4. The van der Waals surface area contributed by atoms with Crippen LogP contribution in [0.3, 0.4) is 0 Å². The van der Waals surface area contributed by atoms with Crippen molar-refractivity contribution in [2.75, 3.05) is 7.11 Å². The van der Waals surface area contributed by atoms with E-state index in [2.05, 4.69) is 9.71 Å². The fourth-order valence-corrected chi connectivity index (χ4v) is 2.88. The number of pyridine rings is 1. The fourth-order valence-electron chi connectivity index (χ4n) is 1.81. The van der Waals surface area contributed by atoms with Gasteiger partial charge in [-0.1, -0.05) is 0 Å². The van der Waals surface area contributed by atoms with Gasteiger partial charge in [0.25, 0.3) is 0 Å². The number of sulfonamides is 1. The van der Waals surface area contributed by atoms with E-state index in [1.165, 1.54) is 25.3 Å². The SMILES string of the molecule is COc1ccc(S(=O)(=O)NCc2ccncc2)cc1CO. The third-order valence-electron chi connectivity index (χ3n) is 2.95. The van der Waals surface area contributed by atoms with Crippen LogP contribution >= 0.6 is 0 Å². The van der Waals surface area contributed by atoms with E-state index in [9.17, 15) is 13.5 Å². The Hall–Kier alpha value is -1.96. The fraction of sp³-hybridized carbons (Fsp3) is 0.214. The maximum atomic E-state index is 12.2. The van der Waals surface area contributed by atoms with Gasteiger partial charge in [-0.3, -0.25) is 4.98 Å². The van der Waals surface area contributed by atoms with Crippen molar-refractivity contribution in [2.45, 2.75) is 18.0 Å². The number of ether oxygens (including phenoxy) is 1. The number of hydrogen-bond donors (Lipinski definition) is 2. The summed E-state index contributed by atoms with van der Waals surface area (Å²) in [4.78, 5) is 3.96. The quantitative estimate of drug-likeness (QED) is 0.833. The van der Waals surface area contributed by atoms with Gasteiger partial charge in [0.05, 0.1) is 18.6 Å². The van der Waals surface area contributed by atoms with E-state index in [1.54, 1.807) is 24.5 Å². The van der Waals surface area contributed by atoms with Crippen LogP contribution < -0.4 is 9.46 Å². The van der Waals surface area contributed by atoms with Crippen LogP contribution in [0.1, 0.15) is 11.1 Å². The van der Waals surface area contributed by atoms with E-state index in [4.69, 9.17) is 4.74 Å². The second-order valence-electron chi connectivity index (χ2n) is 4.31. The Kier molecular flexibility index (Phi) is 4.89. The molecule has 0 aliphatic rings. The van der Waals surface area contributed by atoms with Crippen molar-refractivity contribution >= 4 is 10.0 Å². The Morgan fingerprint density at radius 1 is 1.24 bits per heavy atom. The molecule has 0 fully saturated rings. The van der Waals surface area contributed by atoms with Gasteiger partial charge < -0.3 is 9.84 Å². The average Bonchev–Trinajstić information content (AvgIpc) is 2.53. The van der Waals surface area contributed by atoms with Crippen molar-refractivity contribution in [3.63, 3.8) is 0 Å². The van der Waals surface area contributed by atoms with Gasteiger partial charge in [0.2, 0.25) is 10.0 Å². The predicted molar refractivity (Wildman–Crippen MR) is 77.2 cm³/mol. The Labute approximate surface area is 123 Å². The summed E-state index contributed by atoms with van der Waals surface area (Å²) in [7, 11) is -2.19. The first-order valence-corrected chi connectivity index (χ1v) is 7.71. The van der Waals surface area contributed by atoms with Crippen LogP contribution in [0.2, 0.25) is 0 Å². The minimum Gasteiger partial charge on any atom is -0.496 e. The number of nitrogens with one attached hydrogen (secondary N) is 1. The zero-order valence-electron chi connectivity index (χ0n) is 11.5. The van der Waals surface area contributed by atoms with Crippen molar-refractivity contribution in [2.24, 2.45) is 0 Å². The number of methoxy groups -OCH3 is 1. The summed E-state index contributed by atoms with van der Waals surface area (Å²) in [5, 5.41) is 9.25. The number of benzene rings is 1. The summed E-state index contributed by atoms with van der Waals surface area (Å²) in [6, 6.07) is 7.82. The van der Waals surface area contributed by atoms with Gasteiger partial charge in [0.15, 0.2) is 0 Å². The minimum atomic E-state index is -3.65. The van der Waals surface area contributed by atoms with Gasteiger partial charge in [-0.15, -0.1) is 0 Å². The molecule has 0 amide bonds. The molecule has 0 saturated carbocycles. The van der Waals surface area contributed by atoms with Gasteiger partial charge in [0, 0.05) is 24.5 Å². The second-order valence-corrected chi connectivity index (χ2v) is 6.08. The first-order chi connectivity index (χ1) is 10.1. The van der Waals surface area contributed by atoms with Crippen molar-refractivity contribution in [1.82, 2.24) is 9.71 Å². The first-order valence-electron chi connectivity index (χ1n) is 6.23. The topological polar surface area (TPSA) is 88.5 Å². The molecule has 0 bridgehead atoms. The van der Waals surface area contributed by atoms with E-state index in [-0.39, 0.29) is 18.0 Å². The lowest BCUT2D eigenvalue weighted by atomic mass is 10.2. The van der Waals surface area contributed by atoms with Crippen molar-refractivity contribution < 1.29 is 18.3 Å². The van der Waals surface area contributed by atoms with Crippen molar-refractivity contribution in [3.8, 4) is 5.75 Å². The molecule has 1 heterocycles. The van der Waals surface area contributed by atoms with Gasteiger partial charge in [-0.25, -0.2) is 13.1 Å². The molecule has 2 N–H and O–H groups in total. The standard InChI is InChI=1S/C14H16N2O4S/c1-20-14-3-2-13(8-12(14)10-17)21(18,19)16-9-11-4-6-15-7-5-11/h2-8,16-17H,9-10H2,1H3. The molecule has 2 aromatic rings. The molecule has 0 saturated heterocycles. The molecule has 21 heavy (non-hydrogen) atoms. The number of hydrogen-bond acceptors (Lipinski definition) is 5.